The van der Waals surface area contributed by atoms with Crippen LogP contribution in [0, 0.1) is 24.0 Å². The van der Waals surface area contributed by atoms with Crippen LogP contribution in [-0.4, -0.2) is 30.9 Å². The van der Waals surface area contributed by atoms with Crippen molar-refractivity contribution in [2.45, 2.75) is 39.8 Å². The molecular formula is C26H26F2N2O5. The molecule has 184 valence electrons. The van der Waals surface area contributed by atoms with E-state index < -0.39 is 23.0 Å². The van der Waals surface area contributed by atoms with Gasteiger partial charge in [0.25, 0.3) is 0 Å². The summed E-state index contributed by atoms with van der Waals surface area (Å²) in [5.74, 6) is -2.97. The van der Waals surface area contributed by atoms with Crippen molar-refractivity contribution < 1.29 is 27.8 Å². The lowest BCUT2D eigenvalue weighted by molar-refractivity contribution is 0.0524. The largest absolute Gasteiger partial charge is 0.496 e. The molecule has 0 unspecified atom stereocenters. The first kappa shape index (κ1) is 23.1. The minimum absolute atomic E-state index is 0.0577. The maximum atomic E-state index is 15.5. The number of carbonyl (C=O) groups excluding carboxylic acids is 1. The van der Waals surface area contributed by atoms with E-state index in [9.17, 15) is 9.59 Å². The van der Waals surface area contributed by atoms with Crippen molar-refractivity contribution in [1.82, 2.24) is 4.57 Å². The fourth-order valence-corrected chi connectivity index (χ4v) is 4.63. The molecule has 1 spiro atoms. The summed E-state index contributed by atoms with van der Waals surface area (Å²) in [6, 6.07) is 5.50. The summed E-state index contributed by atoms with van der Waals surface area (Å²) >= 11 is 0. The quantitative estimate of drug-likeness (QED) is 0.517. The summed E-state index contributed by atoms with van der Waals surface area (Å²) in [5, 5.41) is 2.74. The van der Waals surface area contributed by atoms with Crippen LogP contribution in [0.1, 0.15) is 41.3 Å². The monoisotopic (exact) mass is 484 g/mol. The smallest absolute Gasteiger partial charge is 0.343 e. The highest BCUT2D eigenvalue weighted by molar-refractivity contribution is 6.01. The van der Waals surface area contributed by atoms with E-state index >= 15 is 8.78 Å². The molecule has 0 amide bonds. The van der Waals surface area contributed by atoms with E-state index in [-0.39, 0.29) is 53.1 Å². The highest BCUT2D eigenvalue weighted by atomic mass is 19.2. The van der Waals surface area contributed by atoms with E-state index in [1.165, 1.54) is 13.3 Å². The van der Waals surface area contributed by atoms with Gasteiger partial charge in [-0.2, -0.15) is 4.39 Å². The molecule has 2 heterocycles. The van der Waals surface area contributed by atoms with E-state index in [2.05, 4.69) is 5.32 Å². The maximum Gasteiger partial charge on any atom is 0.343 e. The van der Waals surface area contributed by atoms with Gasteiger partial charge in [-0.15, -0.1) is 0 Å². The van der Waals surface area contributed by atoms with Crippen LogP contribution in [0.4, 0.5) is 14.5 Å². The molecule has 2 aromatic carbocycles. The molecule has 0 bridgehead atoms. The number of methoxy groups -OCH3 is 1. The van der Waals surface area contributed by atoms with Crippen LogP contribution < -0.4 is 20.2 Å². The van der Waals surface area contributed by atoms with Gasteiger partial charge in [-0.1, -0.05) is 12.1 Å². The summed E-state index contributed by atoms with van der Waals surface area (Å²) in [7, 11) is 1.52. The molecule has 1 aliphatic heterocycles. The Hall–Kier alpha value is -3.62. The number of nitrogens with one attached hydrogen (secondary N) is 1. The predicted octanol–water partition coefficient (Wildman–Crippen LogP) is 4.56. The van der Waals surface area contributed by atoms with Crippen molar-refractivity contribution >= 4 is 22.6 Å². The van der Waals surface area contributed by atoms with Crippen molar-refractivity contribution in [3.63, 3.8) is 0 Å². The maximum absolute atomic E-state index is 15.5. The molecule has 7 nitrogen and oxygen atoms in total. The molecule has 5 rings (SSSR count). The molecule has 2 aliphatic rings. The molecule has 35 heavy (non-hydrogen) atoms. The Morgan fingerprint density at radius 3 is 2.71 bits per heavy atom. The normalized spacial score (nSPS) is 15.5. The molecular weight excluding hydrogens is 458 g/mol. The van der Waals surface area contributed by atoms with Gasteiger partial charge in [-0.25, -0.2) is 9.18 Å². The predicted molar refractivity (Wildman–Crippen MR) is 126 cm³/mol. The van der Waals surface area contributed by atoms with Crippen LogP contribution >= 0.6 is 0 Å². The highest BCUT2D eigenvalue weighted by Gasteiger charge is 2.46. The number of hydrogen-bond acceptors (Lipinski definition) is 6. The fraction of sp³-hybridized carbons (Fsp3) is 0.385. The molecule has 3 aromatic rings. The lowest BCUT2D eigenvalue weighted by Gasteiger charge is -2.19. The summed E-state index contributed by atoms with van der Waals surface area (Å²) in [6.07, 6.45) is 3.09. The van der Waals surface area contributed by atoms with E-state index in [1.54, 1.807) is 11.5 Å². The Morgan fingerprint density at radius 1 is 1.26 bits per heavy atom. The Morgan fingerprint density at radius 2 is 2.03 bits per heavy atom. The van der Waals surface area contributed by atoms with Crippen molar-refractivity contribution in [2.75, 3.05) is 25.6 Å². The van der Waals surface area contributed by atoms with Crippen molar-refractivity contribution in [2.24, 2.45) is 5.41 Å². The third-order valence-electron chi connectivity index (χ3n) is 6.74. The van der Waals surface area contributed by atoms with Crippen LogP contribution in [0.2, 0.25) is 0 Å². The van der Waals surface area contributed by atoms with Crippen LogP contribution in [0.5, 0.6) is 11.5 Å². The summed E-state index contributed by atoms with van der Waals surface area (Å²) in [6.45, 7) is 4.30. The van der Waals surface area contributed by atoms with Crippen molar-refractivity contribution in [3.8, 4) is 11.5 Å². The Kier molecular flexibility index (Phi) is 5.65. The fourth-order valence-electron chi connectivity index (χ4n) is 4.63. The first-order chi connectivity index (χ1) is 16.8. The van der Waals surface area contributed by atoms with Crippen LogP contribution in [-0.2, 0) is 17.8 Å². The lowest BCUT2D eigenvalue weighted by atomic mass is 10.1. The number of aryl methyl sites for hydroxylation is 1. The number of aromatic nitrogens is 1. The van der Waals surface area contributed by atoms with Crippen LogP contribution in [0.3, 0.4) is 0 Å². The minimum Gasteiger partial charge on any atom is -0.496 e. The molecule has 1 aliphatic carbocycles. The number of ether oxygens (including phenoxy) is 3. The minimum atomic E-state index is -1.24. The van der Waals surface area contributed by atoms with Crippen LogP contribution in [0.15, 0.2) is 29.2 Å². The van der Waals surface area contributed by atoms with Gasteiger partial charge in [-0.3, -0.25) is 4.79 Å². The number of nitrogens with zero attached hydrogens (tertiary/aromatic N) is 1. The van der Waals surface area contributed by atoms with E-state index in [0.717, 1.165) is 18.4 Å². The zero-order chi connectivity index (χ0) is 24.9. The standard InChI is InChI=1S/C26H26F2N2O5/c1-4-34-25(32)16-11-30-12-26(7-8-26)13-35-24-20(28)19(27)21(18(22(24)30)23(16)31)29-10-15-6-5-14(2)9-17(15)33-3/h5-6,9,11,29H,4,7-8,10,12-13H2,1-3H3. The topological polar surface area (TPSA) is 78.8 Å². The molecule has 1 fully saturated rings. The Bertz CT molecular complexity index is 1410. The van der Waals surface area contributed by atoms with Crippen molar-refractivity contribution in [3.05, 3.63) is 62.9 Å². The van der Waals surface area contributed by atoms with E-state index in [0.29, 0.717) is 17.9 Å². The third kappa shape index (κ3) is 3.88. The molecule has 1 aromatic heterocycles. The second kappa shape index (κ2) is 8.55. The molecule has 0 radical (unpaired) electrons. The van der Waals surface area contributed by atoms with Gasteiger partial charge in [-0.05, 0) is 38.3 Å². The van der Waals surface area contributed by atoms with Gasteiger partial charge in [0.15, 0.2) is 11.6 Å². The highest BCUT2D eigenvalue weighted by Crippen LogP contribution is 2.51. The second-order valence-corrected chi connectivity index (χ2v) is 9.23. The van der Waals surface area contributed by atoms with Gasteiger partial charge >= 0.3 is 5.97 Å². The van der Waals surface area contributed by atoms with Gasteiger partial charge in [0, 0.05) is 30.3 Å². The molecule has 0 atom stereocenters. The summed E-state index contributed by atoms with van der Waals surface area (Å²) in [5.41, 5.74) is 0.249. The second-order valence-electron chi connectivity index (χ2n) is 9.23. The SMILES string of the molecule is CCOC(=O)c1cn2c3c(c(F)c(F)c(NCc4ccc(C)cc4OC)c3c1=O)OCC1(CC1)C2. The van der Waals surface area contributed by atoms with Gasteiger partial charge < -0.3 is 24.1 Å². The van der Waals surface area contributed by atoms with Crippen LogP contribution in [0.25, 0.3) is 10.9 Å². The number of benzene rings is 2. The van der Waals surface area contributed by atoms with Gasteiger partial charge in [0.2, 0.25) is 11.2 Å². The van der Waals surface area contributed by atoms with Crippen molar-refractivity contribution in [1.29, 1.82) is 0 Å². The summed E-state index contributed by atoms with van der Waals surface area (Å²) < 4.78 is 48.7. The number of pyridine rings is 1. The first-order valence-electron chi connectivity index (χ1n) is 11.5. The number of esters is 1. The number of carbonyl (C=O) groups is 1. The number of anilines is 1. The molecule has 1 saturated carbocycles. The van der Waals surface area contributed by atoms with E-state index in [1.807, 2.05) is 25.1 Å². The number of halogens is 2. The summed E-state index contributed by atoms with van der Waals surface area (Å²) in [4.78, 5) is 26.1. The Balaban J connectivity index is 1.72. The van der Waals surface area contributed by atoms with Gasteiger partial charge in [0.05, 0.1) is 31.4 Å². The first-order valence-corrected chi connectivity index (χ1v) is 11.5. The van der Waals surface area contributed by atoms with E-state index in [4.69, 9.17) is 14.2 Å². The molecule has 1 N–H and O–H groups in total. The lowest BCUT2D eigenvalue weighted by Crippen LogP contribution is -2.24. The third-order valence-corrected chi connectivity index (χ3v) is 6.74. The average Bonchev–Trinajstić information content (AvgIpc) is 3.63. The number of hydrogen-bond donors (Lipinski definition) is 1. The Labute approximate surface area is 200 Å². The van der Waals surface area contributed by atoms with Gasteiger partial charge in [0.1, 0.15) is 16.8 Å². The number of rotatable bonds is 6. The average molecular weight is 484 g/mol. The zero-order valence-corrected chi connectivity index (χ0v) is 19.8. The molecule has 9 heteroatoms. The zero-order valence-electron chi connectivity index (χ0n) is 19.8. The molecule has 0 saturated heterocycles.